The number of anilines is 1. The van der Waals surface area contributed by atoms with Gasteiger partial charge in [-0.3, -0.25) is 4.79 Å². The van der Waals surface area contributed by atoms with Crippen LogP contribution in [-0.4, -0.2) is 5.91 Å². The molecule has 1 aromatic carbocycles. The van der Waals surface area contributed by atoms with Crippen molar-refractivity contribution in [1.82, 2.24) is 0 Å². The maximum absolute atomic E-state index is 13.7. The van der Waals surface area contributed by atoms with Crippen molar-refractivity contribution in [2.24, 2.45) is 5.73 Å². The number of unbranched alkanes of at least 4 members (excludes halogenated alkanes) is 6. The van der Waals surface area contributed by atoms with Gasteiger partial charge in [0.05, 0.1) is 5.69 Å². The van der Waals surface area contributed by atoms with Gasteiger partial charge < -0.3 is 11.1 Å². The van der Waals surface area contributed by atoms with Crippen LogP contribution in [0.3, 0.4) is 0 Å². The molecule has 0 fully saturated rings. The summed E-state index contributed by atoms with van der Waals surface area (Å²) in [5, 5.41) is 2.62. The molecule has 0 aliphatic carbocycles. The number of hydrogen-bond donors (Lipinski definition) is 2. The van der Waals surface area contributed by atoms with Crippen LogP contribution in [0.1, 0.15) is 63.9 Å². The first-order chi connectivity index (χ1) is 10.2. The van der Waals surface area contributed by atoms with E-state index in [0.717, 1.165) is 18.4 Å². The number of hydrogen-bond acceptors (Lipinski definition) is 2. The fourth-order valence-electron chi connectivity index (χ4n) is 2.24. The lowest BCUT2D eigenvalue weighted by molar-refractivity contribution is -0.116. The van der Waals surface area contributed by atoms with Crippen LogP contribution in [-0.2, 0) is 11.3 Å². The molecule has 1 amide bonds. The van der Waals surface area contributed by atoms with Gasteiger partial charge in [-0.25, -0.2) is 4.39 Å². The van der Waals surface area contributed by atoms with E-state index in [-0.39, 0.29) is 11.6 Å². The maximum Gasteiger partial charge on any atom is 0.224 e. The molecule has 118 valence electrons. The summed E-state index contributed by atoms with van der Waals surface area (Å²) in [7, 11) is 0. The van der Waals surface area contributed by atoms with Crippen LogP contribution in [0.25, 0.3) is 0 Å². The lowest BCUT2D eigenvalue weighted by atomic mass is 10.1. The van der Waals surface area contributed by atoms with Gasteiger partial charge in [-0.05, 0) is 24.1 Å². The van der Waals surface area contributed by atoms with Crippen LogP contribution < -0.4 is 11.1 Å². The van der Waals surface area contributed by atoms with Crippen molar-refractivity contribution >= 4 is 11.6 Å². The monoisotopic (exact) mass is 294 g/mol. The number of benzene rings is 1. The topological polar surface area (TPSA) is 55.1 Å². The summed E-state index contributed by atoms with van der Waals surface area (Å²) >= 11 is 0. The van der Waals surface area contributed by atoms with Crippen LogP contribution in [0.5, 0.6) is 0 Å². The lowest BCUT2D eigenvalue weighted by Gasteiger charge is -2.07. The molecule has 0 saturated carbocycles. The van der Waals surface area contributed by atoms with Crippen molar-refractivity contribution in [2.45, 2.75) is 64.8 Å². The molecule has 0 bridgehead atoms. The van der Waals surface area contributed by atoms with Gasteiger partial charge in [-0.1, -0.05) is 51.5 Å². The van der Waals surface area contributed by atoms with Gasteiger partial charge in [0.2, 0.25) is 5.91 Å². The highest BCUT2D eigenvalue weighted by Gasteiger charge is 2.07. The normalized spacial score (nSPS) is 10.6. The van der Waals surface area contributed by atoms with Crippen molar-refractivity contribution < 1.29 is 9.18 Å². The Hall–Kier alpha value is -1.42. The van der Waals surface area contributed by atoms with E-state index in [1.165, 1.54) is 38.2 Å². The van der Waals surface area contributed by atoms with Gasteiger partial charge in [-0.15, -0.1) is 0 Å². The van der Waals surface area contributed by atoms with E-state index in [2.05, 4.69) is 12.2 Å². The Bertz CT molecular complexity index is 435. The van der Waals surface area contributed by atoms with Crippen LogP contribution in [0.4, 0.5) is 10.1 Å². The number of nitrogens with two attached hydrogens (primary N) is 1. The lowest BCUT2D eigenvalue weighted by Crippen LogP contribution is -2.12. The third kappa shape index (κ3) is 7.23. The smallest absolute Gasteiger partial charge is 0.224 e. The van der Waals surface area contributed by atoms with Crippen molar-refractivity contribution in [1.29, 1.82) is 0 Å². The predicted molar refractivity (Wildman–Crippen MR) is 85.5 cm³/mol. The van der Waals surface area contributed by atoms with Crippen LogP contribution >= 0.6 is 0 Å². The Morgan fingerprint density at radius 2 is 1.81 bits per heavy atom. The van der Waals surface area contributed by atoms with Gasteiger partial charge in [-0.2, -0.15) is 0 Å². The number of carbonyl (C=O) groups excluding carboxylic acids is 1. The van der Waals surface area contributed by atoms with Gasteiger partial charge in [0.15, 0.2) is 0 Å². The molecule has 0 aromatic heterocycles. The first-order valence-electron chi connectivity index (χ1n) is 7.95. The minimum Gasteiger partial charge on any atom is -0.326 e. The first kappa shape index (κ1) is 17.6. The molecule has 0 radical (unpaired) electrons. The Kier molecular flexibility index (Phi) is 8.67. The number of halogens is 1. The molecular weight excluding hydrogens is 267 g/mol. The molecule has 3 N–H and O–H groups in total. The van der Waals surface area contributed by atoms with Gasteiger partial charge in [0.25, 0.3) is 0 Å². The SMILES string of the molecule is CCCCCCCCCC(=O)Nc1ccc(CN)cc1F. The van der Waals surface area contributed by atoms with E-state index < -0.39 is 5.82 Å². The van der Waals surface area contributed by atoms with Gasteiger partial charge in [0.1, 0.15) is 5.82 Å². The zero-order valence-corrected chi connectivity index (χ0v) is 13.0. The second-order valence-corrected chi connectivity index (χ2v) is 5.44. The van der Waals surface area contributed by atoms with Crippen LogP contribution in [0, 0.1) is 5.82 Å². The van der Waals surface area contributed by atoms with E-state index in [1.54, 1.807) is 12.1 Å². The number of amides is 1. The molecule has 0 saturated heterocycles. The highest BCUT2D eigenvalue weighted by Crippen LogP contribution is 2.16. The van der Waals surface area contributed by atoms with Crippen LogP contribution in [0.2, 0.25) is 0 Å². The van der Waals surface area contributed by atoms with Crippen molar-refractivity contribution in [3.05, 3.63) is 29.6 Å². The highest BCUT2D eigenvalue weighted by atomic mass is 19.1. The number of carbonyl (C=O) groups is 1. The third-order valence-corrected chi connectivity index (χ3v) is 3.55. The molecule has 3 nitrogen and oxygen atoms in total. The zero-order valence-electron chi connectivity index (χ0n) is 13.0. The van der Waals surface area contributed by atoms with Crippen LogP contribution in [0.15, 0.2) is 18.2 Å². The molecule has 1 aromatic rings. The summed E-state index contributed by atoms with van der Waals surface area (Å²) < 4.78 is 13.7. The van der Waals surface area contributed by atoms with E-state index in [4.69, 9.17) is 5.73 Å². The second kappa shape index (κ2) is 10.3. The predicted octanol–water partition coefficient (Wildman–Crippen LogP) is 4.36. The molecule has 0 heterocycles. The average molecular weight is 294 g/mol. The van der Waals surface area contributed by atoms with E-state index in [9.17, 15) is 9.18 Å². The largest absolute Gasteiger partial charge is 0.326 e. The van der Waals surface area contributed by atoms with Crippen molar-refractivity contribution in [3.8, 4) is 0 Å². The fourth-order valence-corrected chi connectivity index (χ4v) is 2.24. The van der Waals surface area contributed by atoms with Gasteiger partial charge >= 0.3 is 0 Å². The summed E-state index contributed by atoms with van der Waals surface area (Å²) in [5.41, 5.74) is 6.40. The summed E-state index contributed by atoms with van der Waals surface area (Å²) in [6, 6.07) is 4.66. The van der Waals surface area contributed by atoms with Crippen molar-refractivity contribution in [3.63, 3.8) is 0 Å². The minimum absolute atomic E-state index is 0.122. The minimum atomic E-state index is -0.425. The summed E-state index contributed by atoms with van der Waals surface area (Å²) in [4.78, 5) is 11.8. The van der Waals surface area contributed by atoms with Crippen molar-refractivity contribution in [2.75, 3.05) is 5.32 Å². The maximum atomic E-state index is 13.7. The molecule has 21 heavy (non-hydrogen) atoms. The summed E-state index contributed by atoms with van der Waals surface area (Å²) in [5.74, 6) is -0.547. The van der Waals surface area contributed by atoms with E-state index in [0.29, 0.717) is 13.0 Å². The molecule has 4 heteroatoms. The molecule has 0 aliphatic rings. The summed E-state index contributed by atoms with van der Waals surface area (Å²) in [6.45, 7) is 2.49. The quantitative estimate of drug-likeness (QED) is 0.630. The third-order valence-electron chi connectivity index (χ3n) is 3.55. The highest BCUT2D eigenvalue weighted by molar-refractivity contribution is 5.90. The zero-order chi connectivity index (χ0) is 15.5. The molecule has 0 aliphatic heterocycles. The van der Waals surface area contributed by atoms with E-state index >= 15 is 0 Å². The fraction of sp³-hybridized carbons (Fsp3) is 0.588. The Balaban J connectivity index is 2.21. The van der Waals surface area contributed by atoms with Gasteiger partial charge in [0, 0.05) is 13.0 Å². The first-order valence-corrected chi connectivity index (χ1v) is 7.95. The molecule has 0 spiro atoms. The Morgan fingerprint density at radius 3 is 2.43 bits per heavy atom. The Morgan fingerprint density at radius 1 is 1.14 bits per heavy atom. The Labute approximate surface area is 127 Å². The molecule has 0 unspecified atom stereocenters. The molecule has 1 rings (SSSR count). The van der Waals surface area contributed by atoms with E-state index in [1.807, 2.05) is 0 Å². The molecule has 0 atom stereocenters. The average Bonchev–Trinajstić information content (AvgIpc) is 2.48. The standard InChI is InChI=1S/C17H27FN2O/c1-2-3-4-5-6-7-8-9-17(21)20-16-11-10-14(13-19)12-15(16)18/h10-12H,2-9,13,19H2,1H3,(H,20,21). The summed E-state index contributed by atoms with van der Waals surface area (Å²) in [6.07, 6.45) is 8.60. The second-order valence-electron chi connectivity index (χ2n) is 5.44. The molecular formula is C17H27FN2O. The number of nitrogens with one attached hydrogen (secondary N) is 1. The number of rotatable bonds is 10.